The Morgan fingerprint density at radius 1 is 1.15 bits per heavy atom. The number of rotatable bonds is 8. The van der Waals surface area contributed by atoms with Gasteiger partial charge in [-0.3, -0.25) is 4.79 Å². The first-order valence-electron chi connectivity index (χ1n) is 10.1. The van der Waals surface area contributed by atoms with Crippen molar-refractivity contribution in [3.05, 3.63) is 28.1 Å². The van der Waals surface area contributed by atoms with E-state index in [1.54, 1.807) is 11.3 Å². The molecule has 1 unspecified atom stereocenters. The largest absolute Gasteiger partial charge is 0.478 e. The zero-order valence-electron chi connectivity index (χ0n) is 16.9. The highest BCUT2D eigenvalue weighted by Gasteiger charge is 2.33. The van der Waals surface area contributed by atoms with Gasteiger partial charge in [-0.25, -0.2) is 4.98 Å². The molecule has 0 N–H and O–H groups in total. The van der Waals surface area contributed by atoms with Gasteiger partial charge in [0.1, 0.15) is 5.75 Å². The van der Waals surface area contributed by atoms with Crippen molar-refractivity contribution in [2.24, 2.45) is 0 Å². The first kappa shape index (κ1) is 19.9. The Bertz CT molecular complexity index is 800. The third kappa shape index (κ3) is 4.34. The van der Waals surface area contributed by atoms with Crippen LogP contribution in [0.5, 0.6) is 5.75 Å². The molecule has 1 aromatic carbocycles. The van der Waals surface area contributed by atoms with E-state index in [1.165, 1.54) is 24.1 Å². The molecular weight excluding hydrogens is 356 g/mol. The summed E-state index contributed by atoms with van der Waals surface area (Å²) in [6.45, 7) is 9.11. The average Bonchev–Trinajstić information content (AvgIpc) is 3.00. The van der Waals surface area contributed by atoms with Crippen molar-refractivity contribution in [1.29, 1.82) is 0 Å². The molecule has 0 saturated heterocycles. The summed E-state index contributed by atoms with van der Waals surface area (Å²) in [6, 6.07) is 6.13. The van der Waals surface area contributed by atoms with Gasteiger partial charge in [-0.15, -0.1) is 11.3 Å². The summed E-state index contributed by atoms with van der Waals surface area (Å²) in [7, 11) is 0. The summed E-state index contributed by atoms with van der Waals surface area (Å²) in [4.78, 5) is 20.8. The van der Waals surface area contributed by atoms with Crippen molar-refractivity contribution in [2.75, 3.05) is 11.4 Å². The molecule has 1 aromatic heterocycles. The van der Waals surface area contributed by atoms with Gasteiger partial charge in [-0.05, 0) is 44.9 Å². The molecule has 4 nitrogen and oxygen atoms in total. The van der Waals surface area contributed by atoms with E-state index >= 15 is 0 Å². The van der Waals surface area contributed by atoms with Crippen LogP contribution in [0.25, 0.3) is 11.3 Å². The van der Waals surface area contributed by atoms with Gasteiger partial charge in [0.25, 0.3) is 5.91 Å². The quantitative estimate of drug-likeness (QED) is 0.530. The van der Waals surface area contributed by atoms with E-state index in [2.05, 4.69) is 31.0 Å². The topological polar surface area (TPSA) is 42.4 Å². The Morgan fingerprint density at radius 2 is 1.93 bits per heavy atom. The van der Waals surface area contributed by atoms with Crippen LogP contribution in [-0.2, 0) is 4.79 Å². The van der Waals surface area contributed by atoms with Gasteiger partial charge in [-0.2, -0.15) is 0 Å². The number of aryl methyl sites for hydroxylation is 2. The second kappa shape index (κ2) is 8.87. The van der Waals surface area contributed by atoms with Gasteiger partial charge in [0.15, 0.2) is 6.10 Å². The van der Waals surface area contributed by atoms with E-state index in [9.17, 15) is 4.79 Å². The fourth-order valence-corrected chi connectivity index (χ4v) is 4.47. The molecule has 0 fully saturated rings. The highest BCUT2D eigenvalue weighted by atomic mass is 32.1. The van der Waals surface area contributed by atoms with Gasteiger partial charge in [0, 0.05) is 17.0 Å². The van der Waals surface area contributed by atoms with Gasteiger partial charge in [0.2, 0.25) is 0 Å². The number of amides is 1. The Hall–Kier alpha value is -1.88. The van der Waals surface area contributed by atoms with Crippen LogP contribution in [0.15, 0.2) is 18.2 Å². The van der Waals surface area contributed by atoms with Crippen LogP contribution < -0.4 is 9.64 Å². The van der Waals surface area contributed by atoms with Crippen LogP contribution >= 0.6 is 11.3 Å². The molecule has 1 aliphatic rings. The maximum Gasteiger partial charge on any atom is 0.268 e. The first-order valence-corrected chi connectivity index (χ1v) is 10.9. The minimum Gasteiger partial charge on any atom is -0.478 e. The molecule has 0 aliphatic carbocycles. The number of carbonyl (C=O) groups is 1. The molecule has 0 saturated carbocycles. The van der Waals surface area contributed by atoms with E-state index in [1.807, 2.05) is 24.8 Å². The molecular formula is C22H30N2O2S. The third-order valence-electron chi connectivity index (χ3n) is 5.09. The average molecular weight is 387 g/mol. The number of unbranched alkanes of at least 4 members (excludes halogenated alkanes) is 4. The highest BCUT2D eigenvalue weighted by molar-refractivity contribution is 7.11. The number of carbonyl (C=O) groups excluding carboxylic acids is 1. The van der Waals surface area contributed by atoms with Crippen molar-refractivity contribution >= 4 is 22.9 Å². The maximum atomic E-state index is 12.9. The molecule has 3 rings (SSSR count). The molecule has 0 spiro atoms. The van der Waals surface area contributed by atoms with Crippen molar-refractivity contribution in [3.8, 4) is 17.0 Å². The van der Waals surface area contributed by atoms with Crippen LogP contribution in [0.1, 0.15) is 62.3 Å². The lowest BCUT2D eigenvalue weighted by Crippen LogP contribution is -2.46. The lowest BCUT2D eigenvalue weighted by atomic mass is 10.1. The SMILES string of the molecule is CCCCCCCN1C(=O)C(CC)Oc2ccc(-c3nc(C)sc3C)cc21. The zero-order chi connectivity index (χ0) is 19.4. The van der Waals surface area contributed by atoms with Crippen molar-refractivity contribution in [3.63, 3.8) is 0 Å². The number of nitrogens with zero attached hydrogens (tertiary/aromatic N) is 2. The summed E-state index contributed by atoms with van der Waals surface area (Å²) < 4.78 is 5.99. The number of hydrogen-bond donors (Lipinski definition) is 0. The summed E-state index contributed by atoms with van der Waals surface area (Å²) in [5, 5.41) is 1.06. The van der Waals surface area contributed by atoms with Crippen LogP contribution in [0.4, 0.5) is 5.69 Å². The molecule has 1 amide bonds. The number of thiazole rings is 1. The molecule has 2 heterocycles. The number of anilines is 1. The Morgan fingerprint density at radius 3 is 2.59 bits per heavy atom. The van der Waals surface area contributed by atoms with Crippen molar-refractivity contribution < 1.29 is 9.53 Å². The van der Waals surface area contributed by atoms with Gasteiger partial charge in [-0.1, -0.05) is 39.5 Å². The molecule has 1 atom stereocenters. The third-order valence-corrected chi connectivity index (χ3v) is 5.98. The monoisotopic (exact) mass is 386 g/mol. The number of hydrogen-bond acceptors (Lipinski definition) is 4. The summed E-state index contributed by atoms with van der Waals surface area (Å²) >= 11 is 1.71. The smallest absolute Gasteiger partial charge is 0.268 e. The summed E-state index contributed by atoms with van der Waals surface area (Å²) in [6.07, 6.45) is 6.23. The zero-order valence-corrected chi connectivity index (χ0v) is 17.7. The van der Waals surface area contributed by atoms with E-state index in [0.717, 1.165) is 47.1 Å². The highest BCUT2D eigenvalue weighted by Crippen LogP contribution is 2.39. The molecule has 2 aromatic rings. The standard InChI is InChI=1S/C22H30N2O2S/c1-5-7-8-9-10-13-24-18-14-17(21-15(3)27-16(4)23-21)11-12-20(18)26-19(6-2)22(24)25/h11-12,14,19H,5-10,13H2,1-4H3. The Labute approximate surface area is 166 Å². The normalized spacial score (nSPS) is 16.4. The van der Waals surface area contributed by atoms with E-state index in [0.29, 0.717) is 6.42 Å². The Kier molecular flexibility index (Phi) is 6.53. The molecule has 0 bridgehead atoms. The van der Waals surface area contributed by atoms with E-state index in [4.69, 9.17) is 4.74 Å². The molecule has 0 radical (unpaired) electrons. The molecule has 146 valence electrons. The number of ether oxygens (including phenoxy) is 1. The predicted molar refractivity (Wildman–Crippen MR) is 113 cm³/mol. The van der Waals surface area contributed by atoms with Crippen molar-refractivity contribution in [1.82, 2.24) is 4.98 Å². The number of aromatic nitrogens is 1. The number of benzene rings is 1. The van der Waals surface area contributed by atoms with Gasteiger partial charge >= 0.3 is 0 Å². The minimum absolute atomic E-state index is 0.0869. The second-order valence-corrected chi connectivity index (χ2v) is 8.65. The summed E-state index contributed by atoms with van der Waals surface area (Å²) in [5.74, 6) is 0.896. The molecule has 1 aliphatic heterocycles. The van der Waals surface area contributed by atoms with Crippen LogP contribution in [0.3, 0.4) is 0 Å². The molecule has 27 heavy (non-hydrogen) atoms. The molecule has 5 heteroatoms. The van der Waals surface area contributed by atoms with Crippen molar-refractivity contribution in [2.45, 2.75) is 72.3 Å². The lowest BCUT2D eigenvalue weighted by molar-refractivity contribution is -0.126. The summed E-state index contributed by atoms with van der Waals surface area (Å²) in [5.41, 5.74) is 2.95. The van der Waals surface area contributed by atoms with Gasteiger partial charge in [0.05, 0.1) is 16.4 Å². The number of fused-ring (bicyclic) bond motifs is 1. The fourth-order valence-electron chi connectivity index (χ4n) is 3.63. The van der Waals surface area contributed by atoms with Crippen LogP contribution in [-0.4, -0.2) is 23.5 Å². The fraction of sp³-hybridized carbons (Fsp3) is 0.545. The Balaban J connectivity index is 1.88. The predicted octanol–water partition coefficient (Wildman–Crippen LogP) is 5.90. The maximum absolute atomic E-state index is 12.9. The van der Waals surface area contributed by atoms with Gasteiger partial charge < -0.3 is 9.64 Å². The lowest BCUT2D eigenvalue weighted by Gasteiger charge is -2.34. The van der Waals surface area contributed by atoms with Crippen LogP contribution in [0.2, 0.25) is 0 Å². The van der Waals surface area contributed by atoms with Crippen LogP contribution in [0, 0.1) is 13.8 Å². The second-order valence-electron chi connectivity index (χ2n) is 7.24. The van der Waals surface area contributed by atoms with E-state index < -0.39 is 0 Å². The first-order chi connectivity index (χ1) is 13.0. The minimum atomic E-state index is -0.373. The van der Waals surface area contributed by atoms with E-state index in [-0.39, 0.29) is 12.0 Å².